The maximum atomic E-state index is 14.3. The number of hydrogen-bond donors (Lipinski definition) is 5. The van der Waals surface area contributed by atoms with Crippen LogP contribution in [0.1, 0.15) is 71.3 Å². The van der Waals surface area contributed by atoms with Gasteiger partial charge in [-0.25, -0.2) is 9.59 Å². The SMILES string of the molecule is C=C[C@@H]1C[C@]1(NC(=O)[C@@H]1C[C@@H](OC(=O)NCc2cccc3ccccc23)CN1C(=O)[C@@H](NC(=O)[C@@H](NC(C)=O)C1CCCCC1)C(C)C)C(=O)O. The average molecular weight is 704 g/mol. The molecule has 51 heavy (non-hydrogen) atoms. The van der Waals surface area contributed by atoms with Gasteiger partial charge in [0.2, 0.25) is 23.6 Å². The highest BCUT2D eigenvalue weighted by Gasteiger charge is 2.61. The first-order valence-corrected chi connectivity index (χ1v) is 17.8. The van der Waals surface area contributed by atoms with Gasteiger partial charge in [-0.15, -0.1) is 6.58 Å². The molecule has 0 bridgehead atoms. The molecule has 5 N–H and O–H groups in total. The van der Waals surface area contributed by atoms with Crippen LogP contribution >= 0.6 is 0 Å². The van der Waals surface area contributed by atoms with Gasteiger partial charge in [-0.1, -0.05) is 81.7 Å². The van der Waals surface area contributed by atoms with Crippen molar-refractivity contribution in [1.82, 2.24) is 26.2 Å². The monoisotopic (exact) mass is 703 g/mol. The molecule has 5 rings (SSSR count). The highest BCUT2D eigenvalue weighted by Crippen LogP contribution is 2.45. The molecule has 6 atom stereocenters. The van der Waals surface area contributed by atoms with Crippen LogP contribution < -0.4 is 21.3 Å². The molecule has 2 aliphatic carbocycles. The standard InChI is InChI=1S/C38H49N5O8/c1-5-27-19-38(27,36(48)49)42-33(45)30-18-28(51-37(50)39-20-26-16-11-15-24-12-9-10-17-29(24)26)21-43(30)35(47)31(22(2)3)41-34(46)32(40-23(4)44)25-13-7-6-8-14-25/h5,9-12,15-17,22,25,27-28,30-32H,1,6-8,13-14,18-21H2,2-4H3,(H,39,50)(H,40,44)(H,41,46)(H,42,45)(H,48,49)/t27-,28-,30+,31+,32+,38-/m1/s1. The van der Waals surface area contributed by atoms with Gasteiger partial charge in [-0.3, -0.25) is 19.2 Å². The van der Waals surface area contributed by atoms with Gasteiger partial charge >= 0.3 is 12.1 Å². The van der Waals surface area contributed by atoms with Crippen molar-refractivity contribution in [2.75, 3.05) is 6.54 Å². The summed E-state index contributed by atoms with van der Waals surface area (Å²) in [6, 6.07) is 10.5. The molecule has 2 saturated carbocycles. The number of nitrogens with one attached hydrogen (secondary N) is 4. The van der Waals surface area contributed by atoms with E-state index >= 15 is 0 Å². The summed E-state index contributed by atoms with van der Waals surface area (Å²) in [5.74, 6) is -4.31. The van der Waals surface area contributed by atoms with E-state index in [4.69, 9.17) is 4.74 Å². The fourth-order valence-electron chi connectivity index (χ4n) is 7.52. The number of rotatable bonds is 13. The van der Waals surface area contributed by atoms with E-state index in [1.165, 1.54) is 17.9 Å². The van der Waals surface area contributed by atoms with Crippen LogP contribution in [-0.4, -0.2) is 82.0 Å². The molecule has 1 aliphatic heterocycles. The van der Waals surface area contributed by atoms with Gasteiger partial charge in [0.1, 0.15) is 29.8 Å². The minimum absolute atomic E-state index is 0.0791. The molecular formula is C38H49N5O8. The van der Waals surface area contributed by atoms with Crippen molar-refractivity contribution in [3.8, 4) is 0 Å². The molecule has 3 fully saturated rings. The lowest BCUT2D eigenvalue weighted by Crippen LogP contribution is -2.60. The van der Waals surface area contributed by atoms with Crippen molar-refractivity contribution < 1.29 is 38.6 Å². The van der Waals surface area contributed by atoms with E-state index in [-0.39, 0.29) is 37.8 Å². The van der Waals surface area contributed by atoms with Crippen LogP contribution in [-0.2, 0) is 35.3 Å². The smallest absolute Gasteiger partial charge is 0.407 e. The summed E-state index contributed by atoms with van der Waals surface area (Å²) in [6.07, 6.45) is 4.38. The summed E-state index contributed by atoms with van der Waals surface area (Å²) < 4.78 is 5.73. The second-order valence-corrected chi connectivity index (χ2v) is 14.4. The molecule has 13 nitrogen and oxygen atoms in total. The molecule has 0 aromatic heterocycles. The normalized spacial score (nSPS) is 24.2. The van der Waals surface area contributed by atoms with Gasteiger partial charge in [-0.05, 0) is 47.4 Å². The predicted octanol–water partition coefficient (Wildman–Crippen LogP) is 3.41. The molecule has 2 aromatic carbocycles. The number of amides is 5. The number of carboxylic acid groups (broad SMARTS) is 1. The molecular weight excluding hydrogens is 654 g/mol. The second-order valence-electron chi connectivity index (χ2n) is 14.4. The summed E-state index contributed by atoms with van der Waals surface area (Å²) in [7, 11) is 0. The summed E-state index contributed by atoms with van der Waals surface area (Å²) in [5.41, 5.74) is -0.661. The molecule has 0 spiro atoms. The number of fused-ring (bicyclic) bond motifs is 1. The number of benzene rings is 2. The van der Waals surface area contributed by atoms with Crippen LogP contribution in [0.5, 0.6) is 0 Å². The van der Waals surface area contributed by atoms with Crippen LogP contribution in [0, 0.1) is 17.8 Å². The number of alkyl carbamates (subject to hydrolysis) is 1. The summed E-state index contributed by atoms with van der Waals surface area (Å²) in [5, 5.41) is 23.0. The third-order valence-electron chi connectivity index (χ3n) is 10.4. The summed E-state index contributed by atoms with van der Waals surface area (Å²) in [6.45, 7) is 8.57. The van der Waals surface area contributed by atoms with Crippen molar-refractivity contribution in [2.45, 2.75) is 102 Å². The molecule has 3 aliphatic rings. The molecule has 5 amide bonds. The zero-order valence-electron chi connectivity index (χ0n) is 29.5. The minimum Gasteiger partial charge on any atom is -0.479 e. The fourth-order valence-corrected chi connectivity index (χ4v) is 7.52. The molecule has 1 saturated heterocycles. The highest BCUT2D eigenvalue weighted by molar-refractivity contribution is 5.97. The number of aliphatic carboxylic acids is 1. The van der Waals surface area contributed by atoms with Crippen molar-refractivity contribution in [1.29, 1.82) is 0 Å². The van der Waals surface area contributed by atoms with Crippen molar-refractivity contribution in [3.05, 3.63) is 60.7 Å². The Morgan fingerprint density at radius 3 is 2.37 bits per heavy atom. The quantitative estimate of drug-likeness (QED) is 0.197. The number of likely N-dealkylation sites (tertiary alicyclic amines) is 1. The molecule has 13 heteroatoms. The second kappa shape index (κ2) is 15.9. The topological polar surface area (TPSA) is 183 Å². The largest absolute Gasteiger partial charge is 0.479 e. The van der Waals surface area contributed by atoms with Crippen LogP contribution in [0.2, 0.25) is 0 Å². The van der Waals surface area contributed by atoms with Crippen molar-refractivity contribution in [3.63, 3.8) is 0 Å². The lowest BCUT2D eigenvalue weighted by atomic mass is 9.83. The van der Waals surface area contributed by atoms with Gasteiger partial charge in [0.15, 0.2) is 0 Å². The van der Waals surface area contributed by atoms with Crippen LogP contribution in [0.25, 0.3) is 10.8 Å². The third-order valence-corrected chi connectivity index (χ3v) is 10.4. The number of ether oxygens (including phenoxy) is 1. The van der Waals surface area contributed by atoms with Crippen molar-refractivity contribution in [2.24, 2.45) is 17.8 Å². The molecule has 0 unspecified atom stereocenters. The fraction of sp³-hybridized carbons (Fsp3) is 0.526. The lowest BCUT2D eigenvalue weighted by Gasteiger charge is -2.34. The molecule has 1 heterocycles. The first-order valence-electron chi connectivity index (χ1n) is 17.8. The van der Waals surface area contributed by atoms with Crippen LogP contribution in [0.15, 0.2) is 55.1 Å². The average Bonchev–Trinajstić information content (AvgIpc) is 3.68. The van der Waals surface area contributed by atoms with E-state index in [2.05, 4.69) is 27.8 Å². The lowest BCUT2D eigenvalue weighted by molar-refractivity contribution is -0.146. The van der Waals surface area contributed by atoms with Gasteiger partial charge < -0.3 is 36.0 Å². The summed E-state index contributed by atoms with van der Waals surface area (Å²) in [4.78, 5) is 80.4. The van der Waals surface area contributed by atoms with Crippen molar-refractivity contribution >= 4 is 46.5 Å². The van der Waals surface area contributed by atoms with E-state index < -0.39 is 71.4 Å². The Morgan fingerprint density at radius 2 is 1.73 bits per heavy atom. The van der Waals surface area contributed by atoms with Crippen LogP contribution in [0.3, 0.4) is 0 Å². The Morgan fingerprint density at radius 1 is 1.02 bits per heavy atom. The predicted molar refractivity (Wildman–Crippen MR) is 189 cm³/mol. The van der Waals surface area contributed by atoms with E-state index in [1.54, 1.807) is 13.8 Å². The Kier molecular flexibility index (Phi) is 11.7. The Balaban J connectivity index is 1.33. The van der Waals surface area contributed by atoms with Gasteiger partial charge in [0.25, 0.3) is 0 Å². The number of nitrogens with zero attached hydrogens (tertiary/aromatic N) is 1. The van der Waals surface area contributed by atoms with E-state index in [1.807, 2.05) is 42.5 Å². The molecule has 2 aromatic rings. The first kappa shape index (κ1) is 37.3. The first-order chi connectivity index (χ1) is 24.3. The third kappa shape index (κ3) is 8.51. The van der Waals surface area contributed by atoms with Gasteiger partial charge in [0, 0.05) is 25.8 Å². The van der Waals surface area contributed by atoms with E-state index in [0.29, 0.717) is 0 Å². The number of carboxylic acids is 1. The maximum Gasteiger partial charge on any atom is 0.407 e. The molecule has 0 radical (unpaired) electrons. The molecule has 274 valence electrons. The zero-order valence-corrected chi connectivity index (χ0v) is 29.5. The maximum absolute atomic E-state index is 14.3. The number of carbonyl (C=O) groups excluding carboxylic acids is 5. The Labute approximate surface area is 297 Å². The zero-order chi connectivity index (χ0) is 36.9. The van der Waals surface area contributed by atoms with Gasteiger partial charge in [-0.2, -0.15) is 0 Å². The minimum atomic E-state index is -1.54. The Bertz CT molecular complexity index is 1670. The summed E-state index contributed by atoms with van der Waals surface area (Å²) >= 11 is 0. The Hall–Kier alpha value is -4.94. The van der Waals surface area contributed by atoms with Gasteiger partial charge in [0.05, 0.1) is 6.54 Å². The highest BCUT2D eigenvalue weighted by atomic mass is 16.6. The van der Waals surface area contributed by atoms with Crippen LogP contribution in [0.4, 0.5) is 4.79 Å². The van der Waals surface area contributed by atoms with E-state index in [9.17, 15) is 33.9 Å². The number of hydrogen-bond acceptors (Lipinski definition) is 7. The number of carbonyl (C=O) groups is 6. The van der Waals surface area contributed by atoms with E-state index in [0.717, 1.165) is 48.4 Å².